The summed E-state index contributed by atoms with van der Waals surface area (Å²) in [5.41, 5.74) is 0. The molecule has 0 saturated carbocycles. The van der Waals surface area contributed by atoms with Crippen LogP contribution in [-0.2, 0) is 65.4 Å². The molecule has 97 heavy (non-hydrogen) atoms. The van der Waals surface area contributed by atoms with Crippen molar-refractivity contribution in [2.24, 2.45) is 23.7 Å². The first-order valence-corrected chi connectivity index (χ1v) is 43.3. The monoisotopic (exact) mass is 1420 g/mol. The molecule has 0 aliphatic heterocycles. The Bertz CT molecular complexity index is 1910. The quantitative estimate of drug-likeness (QED) is 0.0222. The Kier molecular flexibility index (Phi) is 65.9. The van der Waals surface area contributed by atoms with Crippen molar-refractivity contribution in [3.63, 3.8) is 0 Å². The van der Waals surface area contributed by atoms with Crippen molar-refractivity contribution in [1.82, 2.24) is 0 Å². The molecule has 0 fully saturated rings. The Morgan fingerprint density at radius 2 is 0.495 bits per heavy atom. The second-order valence-corrected chi connectivity index (χ2v) is 32.2. The van der Waals surface area contributed by atoms with Gasteiger partial charge < -0.3 is 33.8 Å². The normalized spacial score (nSPS) is 14.9. The second-order valence-electron chi connectivity index (χ2n) is 29.3. The van der Waals surface area contributed by atoms with Crippen LogP contribution in [0.4, 0.5) is 0 Å². The van der Waals surface area contributed by atoms with Gasteiger partial charge in [-0.15, -0.1) is 0 Å². The molecule has 8 atom stereocenters. The third-order valence-corrected chi connectivity index (χ3v) is 21.1. The molecular formula is C78H152O17P2. The zero-order valence-electron chi connectivity index (χ0n) is 63.7. The van der Waals surface area contributed by atoms with Gasteiger partial charge in [-0.2, -0.15) is 0 Å². The molecule has 3 N–H and O–H groups in total. The number of unbranched alkanes of at least 4 members (excludes halogenated alkanes) is 38. The molecule has 0 spiro atoms. The van der Waals surface area contributed by atoms with Crippen molar-refractivity contribution in [2.45, 2.75) is 414 Å². The number of aliphatic hydroxyl groups is 1. The summed E-state index contributed by atoms with van der Waals surface area (Å²) in [6, 6.07) is 0. The highest BCUT2D eigenvalue weighted by Gasteiger charge is 2.30. The maximum atomic E-state index is 13.1. The molecular weight excluding hydrogens is 1270 g/mol. The molecule has 19 heteroatoms. The Balaban J connectivity index is 5.27. The fourth-order valence-corrected chi connectivity index (χ4v) is 13.4. The molecule has 0 aromatic heterocycles. The lowest BCUT2D eigenvalue weighted by molar-refractivity contribution is -0.161. The molecule has 5 unspecified atom stereocenters. The third kappa shape index (κ3) is 68.3. The van der Waals surface area contributed by atoms with Gasteiger partial charge in [-0.3, -0.25) is 37.3 Å². The molecule has 0 bridgehead atoms. The lowest BCUT2D eigenvalue weighted by Gasteiger charge is -2.21. The number of phosphoric acid groups is 2. The number of aliphatic hydroxyl groups excluding tert-OH is 1. The lowest BCUT2D eigenvalue weighted by atomic mass is 9.99. The summed E-state index contributed by atoms with van der Waals surface area (Å²) in [7, 11) is -9.92. The van der Waals surface area contributed by atoms with Crippen LogP contribution in [-0.4, -0.2) is 96.7 Å². The number of carbonyl (C=O) groups excluding carboxylic acids is 4. The van der Waals surface area contributed by atoms with E-state index < -0.39 is 97.5 Å². The molecule has 0 aromatic carbocycles. The maximum Gasteiger partial charge on any atom is 0.472 e. The molecule has 576 valence electrons. The predicted molar refractivity (Wildman–Crippen MR) is 395 cm³/mol. The standard InChI is InChI=1S/C78H152O17P2/c1-9-69(6)55-47-39-31-25-19-14-12-13-15-21-28-34-44-52-60-77(82)94-73(64-88-75(80)58-50-42-33-27-20-17-16-18-24-30-38-46-54-68(4)5)66-92-96(84,85)90-62-72(79)63-91-97(86,87)93-67-74(65-89-76(81)59-51-43-37-36-41-49-57-71(8)11-3)95-78(83)61-53-45-35-29-23-22-26-32-40-48-56-70(7)10-2/h68-74,79H,9-67H2,1-8H3,(H,84,85)(H,86,87)/t69?,70?,71?,72-,73-,74-/m1/s1. The van der Waals surface area contributed by atoms with E-state index in [9.17, 15) is 43.2 Å². The second kappa shape index (κ2) is 67.2. The molecule has 17 nitrogen and oxygen atoms in total. The summed E-state index contributed by atoms with van der Waals surface area (Å²) in [5, 5.41) is 10.6. The number of phosphoric ester groups is 2. The first kappa shape index (κ1) is 95.1. The molecule has 0 aliphatic rings. The number of esters is 4. The topological polar surface area (TPSA) is 237 Å². The highest BCUT2D eigenvalue weighted by atomic mass is 31.2. The summed E-state index contributed by atoms with van der Waals surface area (Å²) >= 11 is 0. The molecule has 0 aromatic rings. The van der Waals surface area contributed by atoms with E-state index in [1.165, 1.54) is 193 Å². The first-order valence-electron chi connectivity index (χ1n) is 40.3. The number of ether oxygens (including phenoxy) is 4. The summed E-state index contributed by atoms with van der Waals surface area (Å²) in [6.07, 6.45) is 52.6. The maximum absolute atomic E-state index is 13.1. The lowest BCUT2D eigenvalue weighted by Crippen LogP contribution is -2.30. The van der Waals surface area contributed by atoms with E-state index in [1.807, 2.05) is 0 Å². The molecule has 0 radical (unpaired) electrons. The van der Waals surface area contributed by atoms with Gasteiger partial charge in [0.05, 0.1) is 26.4 Å². The van der Waals surface area contributed by atoms with Crippen molar-refractivity contribution < 1.29 is 80.2 Å². The minimum Gasteiger partial charge on any atom is -0.462 e. The number of hydrogen-bond donors (Lipinski definition) is 3. The van der Waals surface area contributed by atoms with Crippen molar-refractivity contribution >= 4 is 39.5 Å². The largest absolute Gasteiger partial charge is 0.472 e. The van der Waals surface area contributed by atoms with Crippen LogP contribution in [0.25, 0.3) is 0 Å². The highest BCUT2D eigenvalue weighted by molar-refractivity contribution is 7.47. The third-order valence-electron chi connectivity index (χ3n) is 19.2. The average molecular weight is 1420 g/mol. The van der Waals surface area contributed by atoms with E-state index in [1.54, 1.807) is 0 Å². The number of hydrogen-bond acceptors (Lipinski definition) is 15. The smallest absolute Gasteiger partial charge is 0.462 e. The van der Waals surface area contributed by atoms with E-state index in [2.05, 4.69) is 55.4 Å². The Labute approximate surface area is 594 Å². The van der Waals surface area contributed by atoms with E-state index in [4.69, 9.17) is 37.0 Å². The molecule has 0 heterocycles. The van der Waals surface area contributed by atoms with E-state index in [0.29, 0.717) is 25.7 Å². The summed E-state index contributed by atoms with van der Waals surface area (Å²) in [5.74, 6) is 1.04. The Hall–Kier alpha value is -1.94. The Morgan fingerprint density at radius 1 is 0.289 bits per heavy atom. The fourth-order valence-electron chi connectivity index (χ4n) is 11.8. The molecule has 0 amide bonds. The zero-order chi connectivity index (χ0) is 71.7. The van der Waals surface area contributed by atoms with Crippen LogP contribution in [0.2, 0.25) is 0 Å². The van der Waals surface area contributed by atoms with Gasteiger partial charge in [0.15, 0.2) is 12.2 Å². The predicted octanol–water partition coefficient (Wildman–Crippen LogP) is 22.8. The van der Waals surface area contributed by atoms with Gasteiger partial charge >= 0.3 is 39.5 Å². The van der Waals surface area contributed by atoms with Crippen molar-refractivity contribution in [1.29, 1.82) is 0 Å². The number of rotatable bonds is 75. The van der Waals surface area contributed by atoms with Gasteiger partial charge in [0.25, 0.3) is 0 Å². The van der Waals surface area contributed by atoms with Gasteiger partial charge in [0.1, 0.15) is 19.3 Å². The van der Waals surface area contributed by atoms with Crippen molar-refractivity contribution in [2.75, 3.05) is 39.6 Å². The van der Waals surface area contributed by atoms with E-state index in [0.717, 1.165) is 120 Å². The van der Waals surface area contributed by atoms with Crippen molar-refractivity contribution in [3.8, 4) is 0 Å². The van der Waals surface area contributed by atoms with Gasteiger partial charge in [-0.1, -0.05) is 344 Å². The summed E-state index contributed by atoms with van der Waals surface area (Å²) in [6.45, 7) is 14.3. The van der Waals surface area contributed by atoms with Gasteiger partial charge in [0, 0.05) is 25.7 Å². The molecule has 0 rings (SSSR count). The van der Waals surface area contributed by atoms with E-state index in [-0.39, 0.29) is 25.7 Å². The average Bonchev–Trinajstić information content (AvgIpc) is 1.15. The van der Waals surface area contributed by atoms with Gasteiger partial charge in [0.2, 0.25) is 0 Å². The Morgan fingerprint density at radius 3 is 0.732 bits per heavy atom. The molecule has 0 aliphatic carbocycles. The van der Waals surface area contributed by atoms with Gasteiger partial charge in [-0.05, 0) is 49.4 Å². The SMILES string of the molecule is CCC(C)CCCCCCCCCCCCCCCCC(=O)O[C@H](COC(=O)CCCCCCCCCCCCCCC(C)C)COP(=O)(O)OC[C@@H](O)COP(=O)(O)OC[C@@H](COC(=O)CCCCCCCCC(C)CC)OC(=O)CCCCCCCCCCCCC(C)CC. The summed E-state index contributed by atoms with van der Waals surface area (Å²) in [4.78, 5) is 72.9. The van der Waals surface area contributed by atoms with Gasteiger partial charge in [-0.25, -0.2) is 9.13 Å². The molecule has 0 saturated heterocycles. The highest BCUT2D eigenvalue weighted by Crippen LogP contribution is 2.45. The van der Waals surface area contributed by atoms with Crippen LogP contribution < -0.4 is 0 Å². The van der Waals surface area contributed by atoms with Crippen LogP contribution in [0.1, 0.15) is 396 Å². The minimum atomic E-state index is -4.96. The van der Waals surface area contributed by atoms with Crippen LogP contribution in [0.3, 0.4) is 0 Å². The van der Waals surface area contributed by atoms with Crippen LogP contribution in [0.5, 0.6) is 0 Å². The zero-order valence-corrected chi connectivity index (χ0v) is 65.5. The minimum absolute atomic E-state index is 0.105. The summed E-state index contributed by atoms with van der Waals surface area (Å²) < 4.78 is 68.6. The van der Waals surface area contributed by atoms with Crippen LogP contribution >= 0.6 is 15.6 Å². The van der Waals surface area contributed by atoms with Crippen LogP contribution in [0.15, 0.2) is 0 Å². The fraction of sp³-hybridized carbons (Fsp3) is 0.949. The van der Waals surface area contributed by atoms with Crippen molar-refractivity contribution in [3.05, 3.63) is 0 Å². The van der Waals surface area contributed by atoms with Crippen LogP contribution in [0, 0.1) is 23.7 Å². The van der Waals surface area contributed by atoms with E-state index >= 15 is 0 Å². The number of carbonyl (C=O) groups is 4. The first-order chi connectivity index (χ1) is 46.7.